The number of benzene rings is 15. The highest BCUT2D eigenvalue weighted by Crippen LogP contribution is 2.38. The molecule has 0 aromatic heterocycles. The minimum absolute atomic E-state index is 0.0334. The molecule has 21 nitrogen and oxygen atoms in total. The minimum Gasteiger partial charge on any atom is -0.489 e. The van der Waals surface area contributed by atoms with Gasteiger partial charge in [-0.25, -0.2) is 24.0 Å². The van der Waals surface area contributed by atoms with Gasteiger partial charge >= 0.3 is 29.8 Å². The van der Waals surface area contributed by atoms with Crippen LogP contribution in [0.3, 0.4) is 0 Å². The lowest BCUT2D eigenvalue weighted by Gasteiger charge is -2.44. The summed E-state index contributed by atoms with van der Waals surface area (Å²) in [5.74, 6) is -3.91. The summed E-state index contributed by atoms with van der Waals surface area (Å²) in [6.45, 7) is -0.400. The molecule has 662 valence electrons. The van der Waals surface area contributed by atoms with Crippen LogP contribution in [0, 0.1) is 0 Å². The second-order valence-electron chi connectivity index (χ2n) is 30.9. The molecule has 0 N–H and O–H groups in total. The molecule has 0 spiro atoms. The highest BCUT2D eigenvalue weighted by Gasteiger charge is 2.55. The summed E-state index contributed by atoms with van der Waals surface area (Å²) < 4.78 is 105. The summed E-state index contributed by atoms with van der Waals surface area (Å²) in [5, 5.41) is 0. The van der Waals surface area contributed by atoms with Crippen LogP contribution < -0.4 is 47.4 Å². The van der Waals surface area contributed by atoms with E-state index in [0.29, 0.717) is 0 Å². The Morgan fingerprint density at radius 1 is 0.189 bits per heavy atom. The molecule has 1 heterocycles. The van der Waals surface area contributed by atoms with Crippen molar-refractivity contribution in [2.75, 3.05) is 6.61 Å². The molecular weight excluding hydrogens is 1670 g/mol. The first-order valence-corrected chi connectivity index (χ1v) is 43.0. The minimum atomic E-state index is -2.25. The van der Waals surface area contributed by atoms with Gasteiger partial charge in [-0.15, -0.1) is 0 Å². The second kappa shape index (κ2) is 45.3. The van der Waals surface area contributed by atoms with E-state index in [-0.39, 0.29) is 151 Å². The highest BCUT2D eigenvalue weighted by molar-refractivity contribution is 5.94. The van der Waals surface area contributed by atoms with Gasteiger partial charge in [0.1, 0.15) is 136 Å². The first-order valence-electron chi connectivity index (χ1n) is 43.0. The Morgan fingerprint density at radius 2 is 0.356 bits per heavy atom. The van der Waals surface area contributed by atoms with Crippen LogP contribution in [0.4, 0.5) is 0 Å². The lowest BCUT2D eigenvalue weighted by atomic mass is 9.97. The summed E-state index contributed by atoms with van der Waals surface area (Å²) in [7, 11) is 0. The summed E-state index contributed by atoms with van der Waals surface area (Å²) in [4.78, 5) is 80.5. The van der Waals surface area contributed by atoms with Crippen LogP contribution in [-0.4, -0.2) is 67.2 Å². The van der Waals surface area contributed by atoms with Gasteiger partial charge in [0.15, 0.2) is 12.2 Å². The van der Waals surface area contributed by atoms with Crippen molar-refractivity contribution in [1.82, 2.24) is 0 Å². The maximum Gasteiger partial charge on any atom is 0.340 e. The monoisotopic (exact) mass is 1760 g/mol. The maximum atomic E-state index is 16.4. The zero-order chi connectivity index (χ0) is 90.3. The van der Waals surface area contributed by atoms with Crippen LogP contribution in [0.15, 0.2) is 394 Å². The zero-order valence-corrected chi connectivity index (χ0v) is 71.8. The van der Waals surface area contributed by atoms with Crippen LogP contribution in [0.5, 0.6) is 57.5 Å². The van der Waals surface area contributed by atoms with E-state index < -0.39 is 67.2 Å². The lowest BCUT2D eigenvalue weighted by molar-refractivity contribution is -0.282. The van der Waals surface area contributed by atoms with Crippen molar-refractivity contribution < 1.29 is 99.8 Å². The standard InChI is InChI=1S/C111H92O21/c112-106(87-51-92(117-66-77-31-11-1-12-32-77)61-93(52-87)118-67-78-33-13-2-14-34-78)127-76-102-103(129-107(113)88-53-94(119-68-79-35-15-3-16-36-79)62-95(54-88)120-69-80-37-17-4-18-38-80)104(130-108(114)89-55-96(121-70-81-39-19-5-20-40-81)63-97(56-89)122-71-82-41-21-6-22-42-82)105(131-109(115)90-57-98(123-72-83-43-23-7-24-44-83)64-99(58-90)124-73-84-45-25-8-26-46-84)111(128-102)132-110(116)91-59-100(125-74-85-47-27-9-28-48-85)65-101(60-91)126-75-86-49-29-10-30-50-86/h1-65,102-105,111H,66-76H2/t102-,103-,104+,105-,111+/m1/s1. The van der Waals surface area contributed by atoms with E-state index >= 15 is 24.0 Å². The Hall–Kier alpha value is -16.4. The molecule has 1 saturated heterocycles. The van der Waals surface area contributed by atoms with E-state index in [9.17, 15) is 0 Å². The molecule has 0 unspecified atom stereocenters. The summed E-state index contributed by atoms with van der Waals surface area (Å²) in [6.07, 6.45) is -10.6. The van der Waals surface area contributed by atoms with Gasteiger partial charge in [0.05, 0.1) is 27.8 Å². The maximum absolute atomic E-state index is 16.4. The molecule has 132 heavy (non-hydrogen) atoms. The van der Waals surface area contributed by atoms with Gasteiger partial charge < -0.3 is 75.8 Å². The topological polar surface area (TPSA) is 233 Å². The average Bonchev–Trinajstić information content (AvgIpc) is 0.765. The molecule has 0 saturated carbocycles. The molecule has 16 rings (SSSR count). The molecule has 0 amide bonds. The van der Waals surface area contributed by atoms with Crippen molar-refractivity contribution in [2.45, 2.75) is 96.8 Å². The van der Waals surface area contributed by atoms with Gasteiger partial charge in [0.25, 0.3) is 0 Å². The quantitative estimate of drug-likeness (QED) is 0.0256. The third-order valence-corrected chi connectivity index (χ3v) is 21.0. The fourth-order valence-corrected chi connectivity index (χ4v) is 14.2. The SMILES string of the molecule is O=C(OC[C@H]1O[C@@H](OC(=O)c2cc(OCc3ccccc3)cc(OCc3ccccc3)c2)[C@H](OC(=O)c2cc(OCc3ccccc3)cc(OCc3ccccc3)c2)[C@@H](OC(=O)c2cc(OCc3ccccc3)cc(OCc3ccccc3)c2)[C@@H]1OC(=O)c1cc(OCc2ccccc2)cc(OCc2ccccc2)c1)c1cc(OCc2ccccc2)cc(OCc2ccccc2)c1. The van der Waals surface area contributed by atoms with Crippen LogP contribution in [0.25, 0.3) is 0 Å². The van der Waals surface area contributed by atoms with Crippen molar-refractivity contribution >= 4 is 29.8 Å². The molecule has 15 aromatic carbocycles. The van der Waals surface area contributed by atoms with Crippen molar-refractivity contribution in [3.63, 3.8) is 0 Å². The molecule has 0 bridgehead atoms. The van der Waals surface area contributed by atoms with Gasteiger partial charge in [-0.2, -0.15) is 0 Å². The first kappa shape index (κ1) is 89.0. The van der Waals surface area contributed by atoms with E-state index in [0.717, 1.165) is 55.6 Å². The van der Waals surface area contributed by atoms with Gasteiger partial charge in [-0.05, 0) is 116 Å². The first-order chi connectivity index (χ1) is 64.9. The summed E-state index contributed by atoms with van der Waals surface area (Å²) >= 11 is 0. The predicted molar refractivity (Wildman–Crippen MR) is 492 cm³/mol. The zero-order valence-electron chi connectivity index (χ0n) is 71.8. The third-order valence-electron chi connectivity index (χ3n) is 21.0. The van der Waals surface area contributed by atoms with Crippen LogP contribution in [-0.2, 0) is 94.5 Å². The van der Waals surface area contributed by atoms with Crippen molar-refractivity contribution in [2.24, 2.45) is 0 Å². The number of esters is 5. The van der Waals surface area contributed by atoms with E-state index in [1.54, 1.807) is 30.3 Å². The molecule has 1 aliphatic heterocycles. The van der Waals surface area contributed by atoms with Crippen LogP contribution >= 0.6 is 0 Å². The molecule has 5 atom stereocenters. The van der Waals surface area contributed by atoms with Crippen LogP contribution in [0.2, 0.25) is 0 Å². The molecule has 15 aromatic rings. The molecule has 0 radical (unpaired) electrons. The number of carbonyl (C=O) groups is 5. The van der Waals surface area contributed by atoms with E-state index in [1.807, 2.05) is 303 Å². The lowest BCUT2D eigenvalue weighted by Crippen LogP contribution is -2.63. The van der Waals surface area contributed by atoms with E-state index in [4.69, 9.17) is 75.8 Å². The summed E-state index contributed by atoms with van der Waals surface area (Å²) in [5.41, 5.74) is 7.15. The Kier molecular flexibility index (Phi) is 30.6. The second-order valence-corrected chi connectivity index (χ2v) is 30.9. The van der Waals surface area contributed by atoms with Gasteiger partial charge in [0, 0.05) is 30.3 Å². The normalized spacial score (nSPS) is 14.3. The summed E-state index contributed by atoms with van der Waals surface area (Å²) in [6, 6.07) is 116. The largest absolute Gasteiger partial charge is 0.489 e. The van der Waals surface area contributed by atoms with Gasteiger partial charge in [0.2, 0.25) is 12.4 Å². The molecule has 21 heteroatoms. The number of rotatable bonds is 41. The van der Waals surface area contributed by atoms with Crippen molar-refractivity contribution in [3.05, 3.63) is 478 Å². The fraction of sp³-hybridized carbons (Fsp3) is 0.144. The number of hydrogen-bond donors (Lipinski definition) is 0. The highest BCUT2D eigenvalue weighted by atomic mass is 16.7. The number of hydrogen-bond acceptors (Lipinski definition) is 21. The Balaban J connectivity index is 0.851. The van der Waals surface area contributed by atoms with Crippen molar-refractivity contribution in [1.29, 1.82) is 0 Å². The number of carbonyl (C=O) groups excluding carboxylic acids is 5. The van der Waals surface area contributed by atoms with Crippen LogP contribution in [0.1, 0.15) is 107 Å². The predicted octanol–water partition coefficient (Wildman–Crippen LogP) is 21.9. The Morgan fingerprint density at radius 3 is 0.553 bits per heavy atom. The third kappa shape index (κ3) is 26.2. The average molecular weight is 1760 g/mol. The molecule has 1 aliphatic rings. The molecule has 1 fully saturated rings. The Bertz CT molecular complexity index is 5960. The fourth-order valence-electron chi connectivity index (χ4n) is 14.2. The van der Waals surface area contributed by atoms with E-state index in [2.05, 4.69) is 0 Å². The number of ether oxygens (including phenoxy) is 16. The van der Waals surface area contributed by atoms with E-state index in [1.165, 1.54) is 60.7 Å². The molecular formula is C111H92O21. The Labute approximate surface area is 764 Å². The van der Waals surface area contributed by atoms with Gasteiger partial charge in [-0.3, -0.25) is 0 Å². The smallest absolute Gasteiger partial charge is 0.340 e. The van der Waals surface area contributed by atoms with Gasteiger partial charge in [-0.1, -0.05) is 303 Å². The molecule has 0 aliphatic carbocycles. The van der Waals surface area contributed by atoms with Crippen molar-refractivity contribution in [3.8, 4) is 57.5 Å².